The SMILES string of the molecule is CN=C(NCCNC(=O)C(C)C)NC(C)c1cc2ccccc2o1.I. The third-order valence-electron chi connectivity index (χ3n) is 3.69. The van der Waals surface area contributed by atoms with Crippen LogP contribution in [0.3, 0.4) is 0 Å². The Morgan fingerprint density at radius 1 is 1.16 bits per heavy atom. The lowest BCUT2D eigenvalue weighted by Crippen LogP contribution is -2.42. The zero-order valence-corrected chi connectivity index (χ0v) is 17.5. The van der Waals surface area contributed by atoms with Crippen molar-refractivity contribution in [3.05, 3.63) is 36.1 Å². The average Bonchev–Trinajstić information content (AvgIpc) is 3.01. The van der Waals surface area contributed by atoms with E-state index in [1.807, 2.05) is 51.1 Å². The van der Waals surface area contributed by atoms with Crippen LogP contribution in [0.15, 0.2) is 39.7 Å². The highest BCUT2D eigenvalue weighted by molar-refractivity contribution is 14.0. The fourth-order valence-electron chi connectivity index (χ4n) is 2.26. The van der Waals surface area contributed by atoms with Crippen molar-refractivity contribution in [2.45, 2.75) is 26.8 Å². The number of carbonyl (C=O) groups is 1. The molecular formula is C18H27IN4O2. The number of guanidine groups is 1. The monoisotopic (exact) mass is 458 g/mol. The topological polar surface area (TPSA) is 78.7 Å². The van der Waals surface area contributed by atoms with Crippen molar-refractivity contribution in [1.82, 2.24) is 16.0 Å². The Morgan fingerprint density at radius 2 is 1.84 bits per heavy atom. The van der Waals surface area contributed by atoms with Crippen LogP contribution in [0.2, 0.25) is 0 Å². The first-order valence-electron chi connectivity index (χ1n) is 8.24. The summed E-state index contributed by atoms with van der Waals surface area (Å²) in [7, 11) is 1.72. The minimum atomic E-state index is -0.0196. The van der Waals surface area contributed by atoms with Crippen LogP contribution in [-0.2, 0) is 4.79 Å². The van der Waals surface area contributed by atoms with Crippen molar-refractivity contribution < 1.29 is 9.21 Å². The molecule has 1 unspecified atom stereocenters. The van der Waals surface area contributed by atoms with Crippen molar-refractivity contribution >= 4 is 46.8 Å². The van der Waals surface area contributed by atoms with Gasteiger partial charge < -0.3 is 20.4 Å². The molecular weight excluding hydrogens is 431 g/mol. The van der Waals surface area contributed by atoms with E-state index in [0.717, 1.165) is 16.7 Å². The van der Waals surface area contributed by atoms with Crippen molar-refractivity contribution in [2.75, 3.05) is 20.1 Å². The molecule has 1 aromatic heterocycles. The van der Waals surface area contributed by atoms with Crippen LogP contribution in [0.1, 0.15) is 32.6 Å². The second-order valence-electron chi connectivity index (χ2n) is 6.00. The van der Waals surface area contributed by atoms with Gasteiger partial charge in [-0.1, -0.05) is 32.0 Å². The van der Waals surface area contributed by atoms with Crippen molar-refractivity contribution in [2.24, 2.45) is 10.9 Å². The van der Waals surface area contributed by atoms with E-state index in [9.17, 15) is 4.79 Å². The maximum absolute atomic E-state index is 11.5. The van der Waals surface area contributed by atoms with Crippen LogP contribution in [0, 0.1) is 5.92 Å². The zero-order chi connectivity index (χ0) is 17.5. The van der Waals surface area contributed by atoms with Crippen LogP contribution in [0.25, 0.3) is 11.0 Å². The van der Waals surface area contributed by atoms with Gasteiger partial charge in [0, 0.05) is 31.4 Å². The molecule has 138 valence electrons. The van der Waals surface area contributed by atoms with Gasteiger partial charge in [0.2, 0.25) is 5.91 Å². The molecule has 2 aromatic rings. The molecule has 1 aromatic carbocycles. The molecule has 0 spiro atoms. The molecule has 6 nitrogen and oxygen atoms in total. The van der Waals surface area contributed by atoms with Crippen LogP contribution in [0.4, 0.5) is 0 Å². The second-order valence-corrected chi connectivity index (χ2v) is 6.00. The molecule has 7 heteroatoms. The van der Waals surface area contributed by atoms with Crippen LogP contribution < -0.4 is 16.0 Å². The summed E-state index contributed by atoms with van der Waals surface area (Å²) in [6.07, 6.45) is 0. The summed E-state index contributed by atoms with van der Waals surface area (Å²) in [5.41, 5.74) is 0.875. The molecule has 0 bridgehead atoms. The molecule has 0 aliphatic carbocycles. The molecule has 0 aliphatic heterocycles. The van der Waals surface area contributed by atoms with Gasteiger partial charge in [-0.25, -0.2) is 0 Å². The molecule has 0 saturated carbocycles. The van der Waals surface area contributed by atoms with Gasteiger partial charge in [-0.15, -0.1) is 24.0 Å². The Balaban J connectivity index is 0.00000312. The fraction of sp³-hybridized carbons (Fsp3) is 0.444. The minimum Gasteiger partial charge on any atom is -0.459 e. The highest BCUT2D eigenvalue weighted by Crippen LogP contribution is 2.23. The Labute approximate surface area is 165 Å². The van der Waals surface area contributed by atoms with Gasteiger partial charge in [-0.2, -0.15) is 0 Å². The Kier molecular flexibility index (Phi) is 8.74. The average molecular weight is 458 g/mol. The van der Waals surface area contributed by atoms with Crippen molar-refractivity contribution in [1.29, 1.82) is 0 Å². The molecule has 0 aliphatic rings. The first-order chi connectivity index (χ1) is 11.5. The largest absolute Gasteiger partial charge is 0.459 e. The smallest absolute Gasteiger partial charge is 0.222 e. The molecule has 1 heterocycles. The maximum atomic E-state index is 11.5. The summed E-state index contributed by atoms with van der Waals surface area (Å²) in [5.74, 6) is 1.57. The zero-order valence-electron chi connectivity index (χ0n) is 15.1. The number of amides is 1. The van der Waals surface area contributed by atoms with E-state index in [-0.39, 0.29) is 41.8 Å². The number of furan rings is 1. The molecule has 25 heavy (non-hydrogen) atoms. The lowest BCUT2D eigenvalue weighted by Gasteiger charge is -2.16. The van der Waals surface area contributed by atoms with Gasteiger partial charge in [0.25, 0.3) is 0 Å². The molecule has 1 atom stereocenters. The minimum absolute atomic E-state index is 0. The number of halogens is 1. The predicted octanol–water partition coefficient (Wildman–Crippen LogP) is 3.05. The van der Waals surface area contributed by atoms with E-state index in [0.29, 0.717) is 19.0 Å². The second kappa shape index (κ2) is 10.3. The van der Waals surface area contributed by atoms with Gasteiger partial charge in [-0.05, 0) is 19.1 Å². The number of nitrogens with one attached hydrogen (secondary N) is 3. The van der Waals surface area contributed by atoms with Gasteiger partial charge >= 0.3 is 0 Å². The normalized spacial score (nSPS) is 12.6. The summed E-state index contributed by atoms with van der Waals surface area (Å²) >= 11 is 0. The van der Waals surface area contributed by atoms with Crippen molar-refractivity contribution in [3.63, 3.8) is 0 Å². The number of benzene rings is 1. The summed E-state index contributed by atoms with van der Waals surface area (Å²) in [6.45, 7) is 6.92. The molecule has 0 saturated heterocycles. The summed E-state index contributed by atoms with van der Waals surface area (Å²) in [5, 5.41) is 10.4. The van der Waals surface area contributed by atoms with Gasteiger partial charge in [0.05, 0.1) is 6.04 Å². The van der Waals surface area contributed by atoms with E-state index in [4.69, 9.17) is 4.42 Å². The number of carbonyl (C=O) groups excluding carboxylic acids is 1. The van der Waals surface area contributed by atoms with E-state index in [2.05, 4.69) is 20.9 Å². The summed E-state index contributed by atoms with van der Waals surface area (Å²) in [6, 6.07) is 9.94. The highest BCUT2D eigenvalue weighted by atomic mass is 127. The van der Waals surface area contributed by atoms with Crippen LogP contribution in [-0.4, -0.2) is 32.0 Å². The number of para-hydroxylation sites is 1. The third kappa shape index (κ3) is 6.22. The van der Waals surface area contributed by atoms with Gasteiger partial charge in [-0.3, -0.25) is 9.79 Å². The Bertz CT molecular complexity index is 679. The maximum Gasteiger partial charge on any atom is 0.222 e. The Morgan fingerprint density at radius 3 is 2.48 bits per heavy atom. The molecule has 3 N–H and O–H groups in total. The fourth-order valence-corrected chi connectivity index (χ4v) is 2.26. The molecule has 0 radical (unpaired) electrons. The number of nitrogens with zero attached hydrogens (tertiary/aromatic N) is 1. The number of hydrogen-bond donors (Lipinski definition) is 3. The van der Waals surface area contributed by atoms with E-state index < -0.39 is 0 Å². The van der Waals surface area contributed by atoms with E-state index in [1.54, 1.807) is 7.05 Å². The molecule has 2 rings (SSSR count). The number of rotatable bonds is 6. The van der Waals surface area contributed by atoms with Gasteiger partial charge in [0.1, 0.15) is 11.3 Å². The number of hydrogen-bond acceptors (Lipinski definition) is 3. The Hall–Kier alpha value is -1.77. The number of fused-ring (bicyclic) bond motifs is 1. The quantitative estimate of drug-likeness (QED) is 0.269. The van der Waals surface area contributed by atoms with E-state index in [1.165, 1.54) is 0 Å². The van der Waals surface area contributed by atoms with Crippen molar-refractivity contribution in [3.8, 4) is 0 Å². The summed E-state index contributed by atoms with van der Waals surface area (Å²) < 4.78 is 5.86. The van der Waals surface area contributed by atoms with Crippen LogP contribution >= 0.6 is 24.0 Å². The van der Waals surface area contributed by atoms with E-state index >= 15 is 0 Å². The first-order valence-corrected chi connectivity index (χ1v) is 8.24. The highest BCUT2D eigenvalue weighted by Gasteiger charge is 2.13. The van der Waals surface area contributed by atoms with Crippen LogP contribution in [0.5, 0.6) is 0 Å². The van der Waals surface area contributed by atoms with Gasteiger partial charge in [0.15, 0.2) is 5.96 Å². The molecule has 0 fully saturated rings. The summed E-state index contributed by atoms with van der Waals surface area (Å²) in [4.78, 5) is 15.7. The number of aliphatic imine (C=N–C) groups is 1. The predicted molar refractivity (Wildman–Crippen MR) is 112 cm³/mol. The first kappa shape index (κ1) is 21.3. The standard InChI is InChI=1S/C18H26N4O2.HI/c1-12(2)17(23)20-9-10-21-18(19-4)22-13(3)16-11-14-7-5-6-8-15(14)24-16;/h5-8,11-13H,9-10H2,1-4H3,(H,20,23)(H2,19,21,22);1H. The lowest BCUT2D eigenvalue weighted by atomic mass is 10.2. The molecule has 1 amide bonds. The third-order valence-corrected chi connectivity index (χ3v) is 3.69. The lowest BCUT2D eigenvalue weighted by molar-refractivity contribution is -0.123.